The Morgan fingerprint density at radius 2 is 2.00 bits per heavy atom. The molecule has 0 heterocycles. The molecule has 0 aliphatic heterocycles. The van der Waals surface area contributed by atoms with Crippen LogP contribution in [0.4, 0.5) is 4.79 Å². The molecule has 1 rings (SSSR count). The zero-order chi connectivity index (χ0) is 12.0. The number of alkyl carbamates (subject to hydrolysis) is 1. The zero-order valence-electron chi connectivity index (χ0n) is 8.86. The number of carbonyl (C=O) groups is 2. The minimum Gasteiger partial charge on any atom is -0.450 e. The lowest BCUT2D eigenvalue weighted by Crippen LogP contribution is -2.31. The molecular formula is C11H12NO4. The van der Waals surface area contributed by atoms with Crippen molar-refractivity contribution in [3.63, 3.8) is 0 Å². The molecule has 1 aromatic rings. The van der Waals surface area contributed by atoms with Crippen LogP contribution in [0.25, 0.3) is 0 Å². The molecule has 1 aromatic carbocycles. The van der Waals surface area contributed by atoms with Crippen LogP contribution in [-0.4, -0.2) is 18.6 Å². The van der Waals surface area contributed by atoms with Crippen molar-refractivity contribution in [2.24, 2.45) is 0 Å². The number of hydrogen-bond donors (Lipinski definition) is 1. The molecule has 0 aromatic heterocycles. The van der Waals surface area contributed by atoms with E-state index >= 15 is 0 Å². The van der Waals surface area contributed by atoms with Gasteiger partial charge in [0, 0.05) is 5.56 Å². The van der Waals surface area contributed by atoms with Gasteiger partial charge < -0.3 is 4.74 Å². The molecule has 0 atom stereocenters. The Morgan fingerprint density at radius 1 is 1.31 bits per heavy atom. The van der Waals surface area contributed by atoms with Gasteiger partial charge in [0.25, 0.3) is 5.91 Å². The summed E-state index contributed by atoms with van der Waals surface area (Å²) in [5.74, 6) is -0.620. The highest BCUT2D eigenvalue weighted by Gasteiger charge is 2.13. The maximum atomic E-state index is 11.6. The van der Waals surface area contributed by atoms with E-state index in [1.165, 1.54) is 6.07 Å². The second-order valence-electron chi connectivity index (χ2n) is 2.98. The first-order chi connectivity index (χ1) is 7.69. The van der Waals surface area contributed by atoms with Gasteiger partial charge in [-0.15, -0.1) is 0 Å². The third kappa shape index (κ3) is 3.06. The van der Waals surface area contributed by atoms with Crippen molar-refractivity contribution >= 4 is 12.0 Å². The summed E-state index contributed by atoms with van der Waals surface area (Å²) in [4.78, 5) is 22.6. The fourth-order valence-corrected chi connectivity index (χ4v) is 1.19. The summed E-state index contributed by atoms with van der Waals surface area (Å²) in [7, 11) is 0. The number of amides is 2. The molecule has 0 spiro atoms. The lowest BCUT2D eigenvalue weighted by Gasteiger charge is -2.06. The number of nitrogens with one attached hydrogen (secondary N) is 1. The SMILES string of the molecule is CCOC(=O)NC(=O)c1ccccc1C[O]. The highest BCUT2D eigenvalue weighted by molar-refractivity contribution is 6.03. The summed E-state index contributed by atoms with van der Waals surface area (Å²) in [5, 5.41) is 12.8. The van der Waals surface area contributed by atoms with Crippen LogP contribution < -0.4 is 5.32 Å². The van der Waals surface area contributed by atoms with Gasteiger partial charge in [-0.3, -0.25) is 10.1 Å². The third-order valence-corrected chi connectivity index (χ3v) is 1.91. The predicted octanol–water partition coefficient (Wildman–Crippen LogP) is 1.50. The van der Waals surface area contributed by atoms with Crippen LogP contribution in [0.2, 0.25) is 0 Å². The standard InChI is InChI=1S/C11H12NO4/c1-2-16-11(15)12-10(14)9-6-4-3-5-8(9)7-13/h3-6H,2,7H2,1H3,(H,12,14,15). The fourth-order valence-electron chi connectivity index (χ4n) is 1.19. The predicted molar refractivity (Wildman–Crippen MR) is 55.3 cm³/mol. The Bertz CT molecular complexity index is 389. The summed E-state index contributed by atoms with van der Waals surface area (Å²) in [6, 6.07) is 6.32. The van der Waals surface area contributed by atoms with E-state index in [4.69, 9.17) is 0 Å². The van der Waals surface area contributed by atoms with Crippen LogP contribution >= 0.6 is 0 Å². The third-order valence-electron chi connectivity index (χ3n) is 1.91. The minimum absolute atomic E-state index is 0.183. The Labute approximate surface area is 93.0 Å². The van der Waals surface area contributed by atoms with E-state index in [1.807, 2.05) is 5.32 Å². The van der Waals surface area contributed by atoms with Crippen molar-refractivity contribution in [1.29, 1.82) is 0 Å². The largest absolute Gasteiger partial charge is 0.450 e. The molecule has 1 N–H and O–H groups in total. The van der Waals surface area contributed by atoms with Gasteiger partial charge in [0.2, 0.25) is 0 Å². The Balaban J connectivity index is 2.76. The van der Waals surface area contributed by atoms with Gasteiger partial charge in [-0.2, -0.15) is 0 Å². The van der Waals surface area contributed by atoms with E-state index in [0.29, 0.717) is 5.56 Å². The van der Waals surface area contributed by atoms with Crippen LogP contribution in [0.1, 0.15) is 22.8 Å². The van der Waals surface area contributed by atoms with Gasteiger partial charge in [0.15, 0.2) is 0 Å². The summed E-state index contributed by atoms with van der Waals surface area (Å²) in [5.41, 5.74) is 0.551. The van der Waals surface area contributed by atoms with Gasteiger partial charge in [0.1, 0.15) is 6.61 Å². The highest BCUT2D eigenvalue weighted by Crippen LogP contribution is 2.08. The van der Waals surface area contributed by atoms with Gasteiger partial charge in [0.05, 0.1) is 6.61 Å². The van der Waals surface area contributed by atoms with E-state index in [2.05, 4.69) is 4.74 Å². The number of carbonyl (C=O) groups excluding carboxylic acids is 2. The molecule has 5 heteroatoms. The van der Waals surface area contributed by atoms with Crippen LogP contribution in [0.5, 0.6) is 0 Å². The first kappa shape index (κ1) is 12.2. The van der Waals surface area contributed by atoms with Gasteiger partial charge in [-0.1, -0.05) is 18.2 Å². The van der Waals surface area contributed by atoms with Crippen LogP contribution in [0.3, 0.4) is 0 Å². The lowest BCUT2D eigenvalue weighted by atomic mass is 10.1. The Kier molecular flexibility index (Phi) is 4.47. The van der Waals surface area contributed by atoms with Crippen molar-refractivity contribution in [3.05, 3.63) is 35.4 Å². The average molecular weight is 222 g/mol. The van der Waals surface area contributed by atoms with E-state index in [1.54, 1.807) is 25.1 Å². The van der Waals surface area contributed by atoms with Crippen molar-refractivity contribution in [2.75, 3.05) is 6.61 Å². The van der Waals surface area contributed by atoms with Crippen LogP contribution in [0.15, 0.2) is 24.3 Å². The zero-order valence-corrected chi connectivity index (χ0v) is 8.86. The Morgan fingerprint density at radius 3 is 2.62 bits per heavy atom. The second-order valence-corrected chi connectivity index (χ2v) is 2.98. The normalized spacial score (nSPS) is 9.62. The quantitative estimate of drug-likeness (QED) is 0.842. The smallest absolute Gasteiger partial charge is 0.414 e. The topological polar surface area (TPSA) is 75.3 Å². The van der Waals surface area contributed by atoms with Crippen molar-refractivity contribution in [1.82, 2.24) is 5.32 Å². The number of benzene rings is 1. The average Bonchev–Trinajstić information content (AvgIpc) is 2.29. The minimum atomic E-state index is -0.812. The molecule has 0 aliphatic carbocycles. The summed E-state index contributed by atoms with van der Waals surface area (Å²) in [6.07, 6.45) is -0.812. The number of rotatable bonds is 3. The van der Waals surface area contributed by atoms with Crippen molar-refractivity contribution in [2.45, 2.75) is 13.5 Å². The first-order valence-corrected chi connectivity index (χ1v) is 4.83. The molecular weight excluding hydrogens is 210 g/mol. The van der Waals surface area contributed by atoms with Crippen LogP contribution in [0, 0.1) is 0 Å². The fraction of sp³-hybridized carbons (Fsp3) is 0.273. The lowest BCUT2D eigenvalue weighted by molar-refractivity contribution is 0.0919. The maximum Gasteiger partial charge on any atom is 0.414 e. The molecule has 85 valence electrons. The van der Waals surface area contributed by atoms with Crippen molar-refractivity contribution in [3.8, 4) is 0 Å². The molecule has 0 saturated heterocycles. The van der Waals surface area contributed by atoms with E-state index in [0.717, 1.165) is 0 Å². The maximum absolute atomic E-state index is 11.6. The monoisotopic (exact) mass is 222 g/mol. The van der Waals surface area contributed by atoms with E-state index in [-0.39, 0.29) is 12.2 Å². The summed E-state index contributed by atoms with van der Waals surface area (Å²) in [6.45, 7) is 1.31. The van der Waals surface area contributed by atoms with Crippen LogP contribution in [-0.2, 0) is 16.5 Å². The molecule has 5 nitrogen and oxygen atoms in total. The van der Waals surface area contributed by atoms with E-state index < -0.39 is 18.6 Å². The molecule has 0 aliphatic rings. The summed E-state index contributed by atoms with van der Waals surface area (Å²) < 4.78 is 4.56. The van der Waals surface area contributed by atoms with Gasteiger partial charge in [-0.05, 0) is 18.6 Å². The molecule has 16 heavy (non-hydrogen) atoms. The number of imide groups is 1. The number of hydrogen-bond acceptors (Lipinski definition) is 3. The second kappa shape index (κ2) is 5.87. The van der Waals surface area contributed by atoms with Gasteiger partial charge >= 0.3 is 6.09 Å². The summed E-state index contributed by atoms with van der Waals surface area (Å²) >= 11 is 0. The molecule has 0 saturated carbocycles. The van der Waals surface area contributed by atoms with Crippen molar-refractivity contribution < 1.29 is 19.4 Å². The molecule has 0 unspecified atom stereocenters. The van der Waals surface area contributed by atoms with E-state index in [9.17, 15) is 14.7 Å². The Hall–Kier alpha value is -1.88. The molecule has 0 fully saturated rings. The van der Waals surface area contributed by atoms with Gasteiger partial charge in [-0.25, -0.2) is 9.90 Å². The first-order valence-electron chi connectivity index (χ1n) is 4.83. The molecule has 1 radical (unpaired) electrons. The molecule has 2 amide bonds. The number of ether oxygens (including phenoxy) is 1. The molecule has 0 bridgehead atoms. The highest BCUT2D eigenvalue weighted by atomic mass is 16.5.